The molecule has 1 N–H and O–H groups in total. The van der Waals surface area contributed by atoms with Crippen LogP contribution in [0.5, 0.6) is 0 Å². The van der Waals surface area contributed by atoms with Crippen LogP contribution in [0.4, 0.5) is 0 Å². The summed E-state index contributed by atoms with van der Waals surface area (Å²) in [5.41, 5.74) is 2.29. The minimum Gasteiger partial charge on any atom is -0.356 e. The number of carbonyl (C=O) groups is 1. The molecule has 0 bridgehead atoms. The predicted molar refractivity (Wildman–Crippen MR) is 92.7 cm³/mol. The first-order chi connectivity index (χ1) is 11.8. The number of carbonyl (C=O) groups excluding carboxylic acids is 1. The minimum absolute atomic E-state index is 0.0285. The molecular weight excluding hydrogens is 298 g/mol. The Morgan fingerprint density at radius 3 is 2.88 bits per heavy atom. The zero-order chi connectivity index (χ0) is 16.5. The van der Waals surface area contributed by atoms with Gasteiger partial charge in [-0.1, -0.05) is 42.5 Å². The van der Waals surface area contributed by atoms with E-state index >= 15 is 0 Å². The van der Waals surface area contributed by atoms with Crippen molar-refractivity contribution in [3.05, 3.63) is 71.5 Å². The van der Waals surface area contributed by atoms with Crippen molar-refractivity contribution in [2.24, 2.45) is 0 Å². The molecule has 1 aliphatic heterocycles. The average molecular weight is 315 g/mol. The summed E-state index contributed by atoms with van der Waals surface area (Å²) in [6.07, 6.45) is 2.54. The number of rotatable bonds is 2. The quantitative estimate of drug-likeness (QED) is 0.784. The highest BCUT2D eigenvalue weighted by Crippen LogP contribution is 2.32. The van der Waals surface area contributed by atoms with Crippen molar-refractivity contribution in [1.29, 1.82) is 5.26 Å². The molecule has 2 aromatic carbocycles. The van der Waals surface area contributed by atoms with E-state index in [1.807, 2.05) is 11.0 Å². The molecule has 4 nitrogen and oxygen atoms in total. The van der Waals surface area contributed by atoms with Crippen molar-refractivity contribution in [3.63, 3.8) is 0 Å². The molecular formula is C20H17N3O. The number of aromatic nitrogens is 1. The molecule has 2 heterocycles. The number of benzene rings is 2. The number of amides is 1. The molecule has 1 fully saturated rings. The lowest BCUT2D eigenvalue weighted by molar-refractivity contribution is 0.0785. The Morgan fingerprint density at radius 2 is 2.04 bits per heavy atom. The van der Waals surface area contributed by atoms with Crippen LogP contribution in [0.1, 0.15) is 34.0 Å². The van der Waals surface area contributed by atoms with Crippen LogP contribution >= 0.6 is 0 Å². The third kappa shape index (κ3) is 2.44. The third-order valence-corrected chi connectivity index (χ3v) is 4.78. The van der Waals surface area contributed by atoms with Gasteiger partial charge in [0.15, 0.2) is 0 Å². The van der Waals surface area contributed by atoms with Gasteiger partial charge in [-0.05, 0) is 28.8 Å². The SMILES string of the molecule is N#Cc1c[nH]c(C(=O)N2CCC(c3cccc4ccccc34)C2)c1. The van der Waals surface area contributed by atoms with Crippen molar-refractivity contribution in [2.75, 3.05) is 13.1 Å². The maximum Gasteiger partial charge on any atom is 0.270 e. The van der Waals surface area contributed by atoms with E-state index in [2.05, 4.69) is 47.4 Å². The fourth-order valence-corrected chi connectivity index (χ4v) is 3.56. The van der Waals surface area contributed by atoms with Crippen LogP contribution in [0.15, 0.2) is 54.7 Å². The number of likely N-dealkylation sites (tertiary alicyclic amines) is 1. The molecule has 0 spiro atoms. The molecule has 1 unspecified atom stereocenters. The Bertz CT molecular complexity index is 945. The van der Waals surface area contributed by atoms with Gasteiger partial charge >= 0.3 is 0 Å². The summed E-state index contributed by atoms with van der Waals surface area (Å²) in [7, 11) is 0. The highest BCUT2D eigenvalue weighted by atomic mass is 16.2. The molecule has 1 amide bonds. The van der Waals surface area contributed by atoms with Gasteiger partial charge in [0.25, 0.3) is 5.91 Å². The van der Waals surface area contributed by atoms with E-state index in [1.165, 1.54) is 16.3 Å². The molecule has 3 aromatic rings. The maximum absolute atomic E-state index is 12.6. The van der Waals surface area contributed by atoms with Crippen molar-refractivity contribution in [2.45, 2.75) is 12.3 Å². The Hall–Kier alpha value is -3.06. The predicted octanol–water partition coefficient (Wildman–Crippen LogP) is 3.67. The second kappa shape index (κ2) is 5.86. The van der Waals surface area contributed by atoms with Gasteiger partial charge < -0.3 is 9.88 Å². The molecule has 1 aromatic heterocycles. The van der Waals surface area contributed by atoms with E-state index in [-0.39, 0.29) is 5.91 Å². The van der Waals surface area contributed by atoms with Gasteiger partial charge in [-0.15, -0.1) is 0 Å². The largest absolute Gasteiger partial charge is 0.356 e. The van der Waals surface area contributed by atoms with E-state index in [1.54, 1.807) is 12.3 Å². The van der Waals surface area contributed by atoms with Gasteiger partial charge in [-0.25, -0.2) is 0 Å². The summed E-state index contributed by atoms with van der Waals surface area (Å²) in [4.78, 5) is 17.4. The monoisotopic (exact) mass is 315 g/mol. The Balaban J connectivity index is 1.58. The molecule has 1 atom stereocenters. The first-order valence-corrected chi connectivity index (χ1v) is 8.12. The number of nitriles is 1. The van der Waals surface area contributed by atoms with E-state index < -0.39 is 0 Å². The number of hydrogen-bond acceptors (Lipinski definition) is 2. The van der Waals surface area contributed by atoms with Gasteiger partial charge in [-0.2, -0.15) is 5.26 Å². The summed E-state index contributed by atoms with van der Waals surface area (Å²) in [5, 5.41) is 11.4. The molecule has 4 rings (SSSR count). The summed E-state index contributed by atoms with van der Waals surface area (Å²) in [6.45, 7) is 1.46. The van der Waals surface area contributed by atoms with Crippen LogP contribution < -0.4 is 0 Å². The van der Waals surface area contributed by atoms with Crippen molar-refractivity contribution in [1.82, 2.24) is 9.88 Å². The Kier molecular flexibility index (Phi) is 3.55. The first-order valence-electron chi connectivity index (χ1n) is 8.12. The lowest BCUT2D eigenvalue weighted by Gasteiger charge is -2.17. The fourth-order valence-electron chi connectivity index (χ4n) is 3.56. The van der Waals surface area contributed by atoms with Crippen LogP contribution in [0.3, 0.4) is 0 Å². The number of hydrogen-bond donors (Lipinski definition) is 1. The van der Waals surface area contributed by atoms with Crippen molar-refractivity contribution >= 4 is 16.7 Å². The second-order valence-electron chi connectivity index (χ2n) is 6.22. The number of nitrogens with one attached hydrogen (secondary N) is 1. The van der Waals surface area contributed by atoms with Gasteiger partial charge in [0.1, 0.15) is 11.8 Å². The summed E-state index contributed by atoms with van der Waals surface area (Å²) < 4.78 is 0. The van der Waals surface area contributed by atoms with Crippen LogP contribution in [0.2, 0.25) is 0 Å². The number of nitrogens with zero attached hydrogens (tertiary/aromatic N) is 2. The lowest BCUT2D eigenvalue weighted by Crippen LogP contribution is -2.28. The average Bonchev–Trinajstić information content (AvgIpc) is 3.30. The van der Waals surface area contributed by atoms with Crippen LogP contribution in [0.25, 0.3) is 10.8 Å². The van der Waals surface area contributed by atoms with Gasteiger partial charge in [0, 0.05) is 25.2 Å². The van der Waals surface area contributed by atoms with Gasteiger partial charge in [0.2, 0.25) is 0 Å². The number of aromatic amines is 1. The van der Waals surface area contributed by atoms with Crippen LogP contribution in [-0.4, -0.2) is 28.9 Å². The summed E-state index contributed by atoms with van der Waals surface area (Å²) in [6, 6.07) is 18.4. The molecule has 0 radical (unpaired) electrons. The van der Waals surface area contributed by atoms with E-state index in [9.17, 15) is 4.79 Å². The normalized spacial score (nSPS) is 17.1. The first kappa shape index (κ1) is 14.5. The van der Waals surface area contributed by atoms with E-state index in [0.29, 0.717) is 23.7 Å². The Morgan fingerprint density at radius 1 is 1.21 bits per heavy atom. The Labute approximate surface area is 140 Å². The van der Waals surface area contributed by atoms with Crippen molar-refractivity contribution < 1.29 is 4.79 Å². The molecule has 24 heavy (non-hydrogen) atoms. The lowest BCUT2D eigenvalue weighted by atomic mass is 9.93. The van der Waals surface area contributed by atoms with Gasteiger partial charge in [-0.3, -0.25) is 4.79 Å². The molecule has 118 valence electrons. The maximum atomic E-state index is 12.6. The highest BCUT2D eigenvalue weighted by molar-refractivity contribution is 5.93. The number of H-pyrrole nitrogens is 1. The standard InChI is InChI=1S/C20H17N3O/c21-11-14-10-19(22-12-14)20(24)23-9-8-16(13-23)18-7-3-5-15-4-1-2-6-17(15)18/h1-7,10,12,16,22H,8-9,13H2. The fraction of sp³-hybridized carbons (Fsp3) is 0.200. The van der Waals surface area contributed by atoms with E-state index in [0.717, 1.165) is 13.0 Å². The van der Waals surface area contributed by atoms with Crippen LogP contribution in [0, 0.1) is 11.3 Å². The topological polar surface area (TPSA) is 59.9 Å². The second-order valence-corrected chi connectivity index (χ2v) is 6.22. The summed E-state index contributed by atoms with van der Waals surface area (Å²) in [5.74, 6) is 0.324. The molecule has 1 aliphatic rings. The third-order valence-electron chi connectivity index (χ3n) is 4.78. The van der Waals surface area contributed by atoms with E-state index in [4.69, 9.17) is 5.26 Å². The van der Waals surface area contributed by atoms with Gasteiger partial charge in [0.05, 0.1) is 5.56 Å². The zero-order valence-electron chi connectivity index (χ0n) is 13.2. The number of fused-ring (bicyclic) bond motifs is 1. The molecule has 4 heteroatoms. The zero-order valence-corrected chi connectivity index (χ0v) is 13.2. The molecule has 1 saturated heterocycles. The highest BCUT2D eigenvalue weighted by Gasteiger charge is 2.29. The van der Waals surface area contributed by atoms with Crippen LogP contribution in [-0.2, 0) is 0 Å². The minimum atomic E-state index is -0.0285. The van der Waals surface area contributed by atoms with Crippen molar-refractivity contribution in [3.8, 4) is 6.07 Å². The molecule has 0 aliphatic carbocycles. The molecule has 0 saturated carbocycles. The smallest absolute Gasteiger partial charge is 0.270 e. The summed E-state index contributed by atoms with van der Waals surface area (Å²) >= 11 is 0.